The SMILES string of the molecule is Cc1ccc(F)c(C(N)Cc2ccccc2[N+](=O)[O-])c1. The number of hydrogen-bond acceptors (Lipinski definition) is 3. The van der Waals surface area contributed by atoms with Gasteiger partial charge in [-0.3, -0.25) is 10.1 Å². The lowest BCUT2D eigenvalue weighted by atomic mass is 9.97. The molecule has 0 heterocycles. The van der Waals surface area contributed by atoms with Crippen molar-refractivity contribution in [2.24, 2.45) is 5.73 Å². The van der Waals surface area contributed by atoms with Crippen molar-refractivity contribution in [1.29, 1.82) is 0 Å². The Morgan fingerprint density at radius 1 is 1.30 bits per heavy atom. The fraction of sp³-hybridized carbons (Fsp3) is 0.200. The molecule has 0 aliphatic rings. The molecule has 0 aliphatic carbocycles. The molecule has 1 unspecified atom stereocenters. The molecule has 2 aromatic carbocycles. The first kappa shape index (κ1) is 14.1. The summed E-state index contributed by atoms with van der Waals surface area (Å²) >= 11 is 0. The van der Waals surface area contributed by atoms with Gasteiger partial charge < -0.3 is 5.73 Å². The Morgan fingerprint density at radius 2 is 2.00 bits per heavy atom. The van der Waals surface area contributed by atoms with Crippen LogP contribution in [0.2, 0.25) is 0 Å². The van der Waals surface area contributed by atoms with E-state index in [4.69, 9.17) is 5.73 Å². The molecule has 0 saturated heterocycles. The Balaban J connectivity index is 2.30. The Kier molecular flexibility index (Phi) is 4.10. The number of halogens is 1. The number of aryl methyl sites for hydroxylation is 1. The first-order chi connectivity index (χ1) is 9.49. The molecule has 0 bridgehead atoms. The number of hydrogen-bond donors (Lipinski definition) is 1. The van der Waals surface area contributed by atoms with Gasteiger partial charge in [0.15, 0.2) is 0 Å². The summed E-state index contributed by atoms with van der Waals surface area (Å²) in [7, 11) is 0. The molecule has 0 radical (unpaired) electrons. The highest BCUT2D eigenvalue weighted by atomic mass is 19.1. The predicted molar refractivity (Wildman–Crippen MR) is 74.9 cm³/mol. The highest BCUT2D eigenvalue weighted by molar-refractivity contribution is 5.41. The highest BCUT2D eigenvalue weighted by Gasteiger charge is 2.18. The summed E-state index contributed by atoms with van der Waals surface area (Å²) in [6, 6.07) is 10.5. The molecule has 0 aliphatic heterocycles. The molecule has 0 saturated carbocycles. The van der Waals surface area contributed by atoms with Crippen LogP contribution in [-0.4, -0.2) is 4.92 Å². The van der Waals surface area contributed by atoms with Gasteiger partial charge in [0.05, 0.1) is 4.92 Å². The standard InChI is InChI=1S/C15H15FN2O2/c1-10-6-7-13(16)12(8-10)14(17)9-11-4-2-3-5-15(11)18(19)20/h2-8,14H,9,17H2,1H3. The second kappa shape index (κ2) is 5.79. The second-order valence-electron chi connectivity index (χ2n) is 4.72. The van der Waals surface area contributed by atoms with E-state index >= 15 is 0 Å². The number of para-hydroxylation sites is 1. The van der Waals surface area contributed by atoms with Crippen LogP contribution in [0.15, 0.2) is 42.5 Å². The van der Waals surface area contributed by atoms with E-state index in [0.29, 0.717) is 11.1 Å². The first-order valence-electron chi connectivity index (χ1n) is 6.23. The lowest BCUT2D eigenvalue weighted by Gasteiger charge is -2.14. The minimum atomic E-state index is -0.615. The van der Waals surface area contributed by atoms with Crippen LogP contribution in [0.5, 0.6) is 0 Å². The number of nitrogens with two attached hydrogens (primary N) is 1. The van der Waals surface area contributed by atoms with E-state index < -0.39 is 11.0 Å². The molecule has 1 atom stereocenters. The first-order valence-corrected chi connectivity index (χ1v) is 6.23. The van der Waals surface area contributed by atoms with Gasteiger partial charge in [-0.05, 0) is 19.4 Å². The van der Waals surface area contributed by atoms with Crippen LogP contribution < -0.4 is 5.73 Å². The van der Waals surface area contributed by atoms with Gasteiger partial charge in [0.2, 0.25) is 0 Å². The van der Waals surface area contributed by atoms with E-state index in [1.165, 1.54) is 12.1 Å². The fourth-order valence-corrected chi connectivity index (χ4v) is 2.16. The Labute approximate surface area is 116 Å². The van der Waals surface area contributed by atoms with Gasteiger partial charge in [0, 0.05) is 23.2 Å². The van der Waals surface area contributed by atoms with Crippen LogP contribution in [0, 0.1) is 22.9 Å². The number of nitro groups is 1. The molecule has 104 valence electrons. The summed E-state index contributed by atoms with van der Waals surface area (Å²) < 4.78 is 13.8. The molecule has 0 aromatic heterocycles. The summed E-state index contributed by atoms with van der Waals surface area (Å²) in [5.41, 5.74) is 7.80. The third-order valence-electron chi connectivity index (χ3n) is 3.18. The average Bonchev–Trinajstić information content (AvgIpc) is 2.41. The zero-order valence-corrected chi connectivity index (χ0v) is 11.0. The van der Waals surface area contributed by atoms with Gasteiger partial charge in [-0.15, -0.1) is 0 Å². The summed E-state index contributed by atoms with van der Waals surface area (Å²) in [6.45, 7) is 1.85. The van der Waals surface area contributed by atoms with Crippen molar-refractivity contribution in [3.05, 3.63) is 75.1 Å². The van der Waals surface area contributed by atoms with Gasteiger partial charge in [-0.1, -0.05) is 35.9 Å². The summed E-state index contributed by atoms with van der Waals surface area (Å²) in [5.74, 6) is -0.387. The zero-order chi connectivity index (χ0) is 14.7. The minimum absolute atomic E-state index is 0.0102. The Morgan fingerprint density at radius 3 is 2.70 bits per heavy atom. The minimum Gasteiger partial charge on any atom is -0.324 e. The lowest BCUT2D eigenvalue weighted by molar-refractivity contribution is -0.385. The van der Waals surface area contributed by atoms with Crippen LogP contribution in [0.1, 0.15) is 22.7 Å². The van der Waals surface area contributed by atoms with E-state index in [9.17, 15) is 14.5 Å². The molecule has 20 heavy (non-hydrogen) atoms. The molecule has 0 amide bonds. The molecular weight excluding hydrogens is 259 g/mol. The maximum absolute atomic E-state index is 13.8. The second-order valence-corrected chi connectivity index (χ2v) is 4.72. The van der Waals surface area contributed by atoms with Crippen LogP contribution in [-0.2, 0) is 6.42 Å². The maximum Gasteiger partial charge on any atom is 0.272 e. The third kappa shape index (κ3) is 3.00. The van der Waals surface area contributed by atoms with Crippen molar-refractivity contribution in [3.8, 4) is 0 Å². The monoisotopic (exact) mass is 274 g/mol. The Bertz CT molecular complexity index is 644. The van der Waals surface area contributed by atoms with E-state index in [1.54, 1.807) is 30.3 Å². The van der Waals surface area contributed by atoms with Gasteiger partial charge in [-0.25, -0.2) is 4.39 Å². The number of benzene rings is 2. The van der Waals surface area contributed by atoms with Crippen LogP contribution >= 0.6 is 0 Å². The molecular formula is C15H15FN2O2. The van der Waals surface area contributed by atoms with E-state index in [1.807, 2.05) is 6.92 Å². The van der Waals surface area contributed by atoms with Crippen LogP contribution in [0.25, 0.3) is 0 Å². The fourth-order valence-electron chi connectivity index (χ4n) is 2.16. The molecule has 2 aromatic rings. The van der Waals surface area contributed by atoms with Gasteiger partial charge in [0.25, 0.3) is 5.69 Å². The maximum atomic E-state index is 13.8. The Hall–Kier alpha value is -2.27. The highest BCUT2D eigenvalue weighted by Crippen LogP contribution is 2.25. The number of rotatable bonds is 4. The van der Waals surface area contributed by atoms with Gasteiger partial charge in [-0.2, -0.15) is 0 Å². The molecule has 5 heteroatoms. The summed E-state index contributed by atoms with van der Waals surface area (Å²) in [5, 5.41) is 11.0. The summed E-state index contributed by atoms with van der Waals surface area (Å²) in [6.07, 6.45) is 0.220. The molecule has 0 spiro atoms. The molecule has 2 rings (SSSR count). The van der Waals surface area contributed by atoms with Crippen LogP contribution in [0.4, 0.5) is 10.1 Å². The van der Waals surface area contributed by atoms with Crippen molar-refractivity contribution < 1.29 is 9.31 Å². The third-order valence-corrected chi connectivity index (χ3v) is 3.18. The topological polar surface area (TPSA) is 69.2 Å². The quantitative estimate of drug-likeness (QED) is 0.687. The van der Waals surface area contributed by atoms with Crippen molar-refractivity contribution in [3.63, 3.8) is 0 Å². The number of nitro benzene ring substituents is 1. The lowest BCUT2D eigenvalue weighted by Crippen LogP contribution is -2.16. The smallest absolute Gasteiger partial charge is 0.272 e. The largest absolute Gasteiger partial charge is 0.324 e. The van der Waals surface area contributed by atoms with Crippen molar-refractivity contribution in [1.82, 2.24) is 0 Å². The van der Waals surface area contributed by atoms with Gasteiger partial charge >= 0.3 is 0 Å². The van der Waals surface area contributed by atoms with Crippen molar-refractivity contribution in [2.75, 3.05) is 0 Å². The zero-order valence-electron chi connectivity index (χ0n) is 11.0. The predicted octanol–water partition coefficient (Wildman–Crippen LogP) is 3.28. The normalized spacial score (nSPS) is 12.2. The van der Waals surface area contributed by atoms with E-state index in [-0.39, 0.29) is 17.9 Å². The summed E-state index contributed by atoms with van der Waals surface area (Å²) in [4.78, 5) is 10.5. The molecule has 0 fully saturated rings. The number of nitrogens with zero attached hydrogens (tertiary/aromatic N) is 1. The van der Waals surface area contributed by atoms with Crippen molar-refractivity contribution in [2.45, 2.75) is 19.4 Å². The van der Waals surface area contributed by atoms with Gasteiger partial charge in [0.1, 0.15) is 5.82 Å². The van der Waals surface area contributed by atoms with E-state index in [2.05, 4.69) is 0 Å². The van der Waals surface area contributed by atoms with Crippen molar-refractivity contribution >= 4 is 5.69 Å². The van der Waals surface area contributed by atoms with E-state index in [0.717, 1.165) is 5.56 Å². The molecule has 4 nitrogen and oxygen atoms in total. The van der Waals surface area contributed by atoms with Crippen LogP contribution in [0.3, 0.4) is 0 Å². The average molecular weight is 274 g/mol. The molecule has 2 N–H and O–H groups in total.